The number of amides is 2. The van der Waals surface area contributed by atoms with Crippen LogP contribution in [0.15, 0.2) is 54.6 Å². The van der Waals surface area contributed by atoms with Crippen LogP contribution in [0.3, 0.4) is 0 Å². The SMILES string of the molecule is O=C(CSCC(=O)N1CCOCC1)Oc1ccc(NC(=O)c2ccccc2)cc1. The summed E-state index contributed by atoms with van der Waals surface area (Å²) in [4.78, 5) is 37.9. The fourth-order valence-electron chi connectivity index (χ4n) is 2.69. The van der Waals surface area contributed by atoms with Crippen LogP contribution in [-0.2, 0) is 14.3 Å². The van der Waals surface area contributed by atoms with Gasteiger partial charge in [-0.2, -0.15) is 0 Å². The van der Waals surface area contributed by atoms with Crippen molar-refractivity contribution in [2.75, 3.05) is 43.1 Å². The summed E-state index contributed by atoms with van der Waals surface area (Å²) < 4.78 is 10.5. The number of esters is 1. The van der Waals surface area contributed by atoms with Crippen LogP contribution < -0.4 is 10.1 Å². The molecule has 29 heavy (non-hydrogen) atoms. The number of thioether (sulfide) groups is 1. The molecule has 152 valence electrons. The van der Waals surface area contributed by atoms with Gasteiger partial charge in [0.2, 0.25) is 5.91 Å². The molecule has 2 aromatic rings. The summed E-state index contributed by atoms with van der Waals surface area (Å²) in [5, 5.41) is 2.78. The largest absolute Gasteiger partial charge is 0.426 e. The third kappa shape index (κ3) is 6.62. The molecule has 2 aromatic carbocycles. The minimum absolute atomic E-state index is 0.00427. The Hall–Kier alpha value is -2.84. The molecule has 0 radical (unpaired) electrons. The van der Waals surface area contributed by atoms with Crippen LogP contribution in [-0.4, -0.2) is 60.5 Å². The molecule has 1 saturated heterocycles. The smallest absolute Gasteiger partial charge is 0.321 e. The van der Waals surface area contributed by atoms with E-state index in [0.717, 1.165) is 0 Å². The highest BCUT2D eigenvalue weighted by atomic mass is 32.2. The third-order valence-corrected chi connectivity index (χ3v) is 5.08. The number of nitrogens with zero attached hydrogens (tertiary/aromatic N) is 1. The third-order valence-electron chi connectivity index (χ3n) is 4.19. The molecule has 7 nitrogen and oxygen atoms in total. The second kappa shape index (κ2) is 10.6. The first-order valence-corrected chi connectivity index (χ1v) is 10.4. The molecule has 0 aromatic heterocycles. The van der Waals surface area contributed by atoms with Gasteiger partial charge in [0, 0.05) is 24.3 Å². The number of morpholine rings is 1. The highest BCUT2D eigenvalue weighted by Crippen LogP contribution is 2.17. The number of hydrogen-bond donors (Lipinski definition) is 1. The molecule has 1 aliphatic heterocycles. The summed E-state index contributed by atoms with van der Waals surface area (Å²) in [6.07, 6.45) is 0. The van der Waals surface area contributed by atoms with Gasteiger partial charge >= 0.3 is 5.97 Å². The number of nitrogens with one attached hydrogen (secondary N) is 1. The predicted octanol–water partition coefficient (Wildman–Crippen LogP) is 2.44. The van der Waals surface area contributed by atoms with E-state index >= 15 is 0 Å². The lowest BCUT2D eigenvalue weighted by molar-refractivity contribution is -0.132. The van der Waals surface area contributed by atoms with Crippen molar-refractivity contribution in [1.82, 2.24) is 4.90 Å². The molecule has 8 heteroatoms. The van der Waals surface area contributed by atoms with E-state index in [0.29, 0.717) is 43.3 Å². The summed E-state index contributed by atoms with van der Waals surface area (Å²) in [6, 6.07) is 15.5. The lowest BCUT2D eigenvalue weighted by Gasteiger charge is -2.26. The number of ether oxygens (including phenoxy) is 2. The van der Waals surface area contributed by atoms with Crippen molar-refractivity contribution in [1.29, 1.82) is 0 Å². The number of hydrogen-bond acceptors (Lipinski definition) is 6. The van der Waals surface area contributed by atoms with E-state index in [9.17, 15) is 14.4 Å². The first kappa shape index (κ1) is 20.9. The summed E-state index contributed by atoms with van der Waals surface area (Å²) in [5.41, 5.74) is 1.16. The van der Waals surface area contributed by atoms with Crippen LogP contribution in [0.25, 0.3) is 0 Å². The zero-order chi connectivity index (χ0) is 20.5. The summed E-state index contributed by atoms with van der Waals surface area (Å²) in [5.74, 6) is 0.0715. The van der Waals surface area contributed by atoms with Gasteiger partial charge in [0.15, 0.2) is 0 Å². The molecule has 0 spiro atoms. The minimum Gasteiger partial charge on any atom is -0.426 e. The Bertz CT molecular complexity index is 836. The highest BCUT2D eigenvalue weighted by Gasteiger charge is 2.17. The standard InChI is InChI=1S/C21H22N2O5S/c24-19(23-10-12-27-13-11-23)14-29-15-20(25)28-18-8-6-17(7-9-18)22-21(26)16-4-2-1-3-5-16/h1-9H,10-15H2,(H,22,26). The Morgan fingerprint density at radius 3 is 2.34 bits per heavy atom. The quantitative estimate of drug-likeness (QED) is 0.553. The van der Waals surface area contributed by atoms with Gasteiger partial charge in [-0.05, 0) is 36.4 Å². The molecule has 0 saturated carbocycles. The van der Waals surface area contributed by atoms with Crippen molar-refractivity contribution in [3.63, 3.8) is 0 Å². The Labute approximate surface area is 173 Å². The van der Waals surface area contributed by atoms with Crippen LogP contribution in [0.5, 0.6) is 5.75 Å². The molecule has 0 aliphatic carbocycles. The lowest BCUT2D eigenvalue weighted by Crippen LogP contribution is -2.41. The molecule has 2 amide bonds. The van der Waals surface area contributed by atoms with Crippen molar-refractivity contribution in [3.8, 4) is 5.75 Å². The lowest BCUT2D eigenvalue weighted by atomic mass is 10.2. The van der Waals surface area contributed by atoms with Gasteiger partial charge in [-0.3, -0.25) is 14.4 Å². The number of carbonyl (C=O) groups is 3. The number of carbonyl (C=O) groups excluding carboxylic acids is 3. The maximum absolute atomic E-state index is 12.1. The van der Waals surface area contributed by atoms with Gasteiger partial charge in [-0.1, -0.05) is 18.2 Å². The van der Waals surface area contributed by atoms with E-state index in [-0.39, 0.29) is 23.3 Å². The second-order valence-electron chi connectivity index (χ2n) is 6.30. The Morgan fingerprint density at radius 2 is 1.66 bits per heavy atom. The topological polar surface area (TPSA) is 84.9 Å². The van der Waals surface area contributed by atoms with Crippen LogP contribution in [0.4, 0.5) is 5.69 Å². The molecule has 0 unspecified atom stereocenters. The fraction of sp³-hybridized carbons (Fsp3) is 0.286. The van der Waals surface area contributed by atoms with Crippen molar-refractivity contribution >= 4 is 35.2 Å². The maximum atomic E-state index is 12.1. The number of anilines is 1. The van der Waals surface area contributed by atoms with Crippen molar-refractivity contribution in [2.24, 2.45) is 0 Å². The Balaban J connectivity index is 1.40. The van der Waals surface area contributed by atoms with Gasteiger partial charge < -0.3 is 19.7 Å². The first-order valence-electron chi connectivity index (χ1n) is 9.22. The van der Waals surface area contributed by atoms with Crippen LogP contribution >= 0.6 is 11.8 Å². The zero-order valence-electron chi connectivity index (χ0n) is 15.8. The van der Waals surface area contributed by atoms with E-state index < -0.39 is 5.97 Å². The molecule has 1 N–H and O–H groups in total. The molecular weight excluding hydrogens is 392 g/mol. The van der Waals surface area contributed by atoms with E-state index in [2.05, 4.69) is 5.32 Å². The maximum Gasteiger partial charge on any atom is 0.321 e. The van der Waals surface area contributed by atoms with Crippen molar-refractivity contribution in [3.05, 3.63) is 60.2 Å². The average Bonchev–Trinajstić information content (AvgIpc) is 2.76. The van der Waals surface area contributed by atoms with Crippen LogP contribution in [0.1, 0.15) is 10.4 Å². The molecule has 1 heterocycles. The van der Waals surface area contributed by atoms with Crippen LogP contribution in [0, 0.1) is 0 Å². The van der Waals surface area contributed by atoms with E-state index in [4.69, 9.17) is 9.47 Å². The van der Waals surface area contributed by atoms with Gasteiger partial charge in [0.1, 0.15) is 5.75 Å². The van der Waals surface area contributed by atoms with Gasteiger partial charge in [0.25, 0.3) is 5.91 Å². The van der Waals surface area contributed by atoms with Crippen LogP contribution in [0.2, 0.25) is 0 Å². The summed E-state index contributed by atoms with van der Waals surface area (Å²) >= 11 is 1.23. The van der Waals surface area contributed by atoms with Gasteiger partial charge in [0.05, 0.1) is 24.7 Å². The summed E-state index contributed by atoms with van der Waals surface area (Å²) in [7, 11) is 0. The van der Waals surface area contributed by atoms with Crippen molar-refractivity contribution < 1.29 is 23.9 Å². The molecule has 0 atom stereocenters. The Kier molecular flexibility index (Phi) is 7.66. The summed E-state index contributed by atoms with van der Waals surface area (Å²) in [6.45, 7) is 2.30. The monoisotopic (exact) mass is 414 g/mol. The highest BCUT2D eigenvalue weighted by molar-refractivity contribution is 8.00. The molecule has 1 aliphatic rings. The molecule has 3 rings (SSSR count). The average molecular weight is 414 g/mol. The normalized spacial score (nSPS) is 13.6. The molecular formula is C21H22N2O5S. The van der Waals surface area contributed by atoms with E-state index in [1.807, 2.05) is 6.07 Å². The molecule has 1 fully saturated rings. The molecule has 0 bridgehead atoms. The fourth-order valence-corrected chi connectivity index (χ4v) is 3.37. The Morgan fingerprint density at radius 1 is 0.966 bits per heavy atom. The van der Waals surface area contributed by atoms with Gasteiger partial charge in [-0.25, -0.2) is 0 Å². The predicted molar refractivity (Wildman–Crippen MR) is 111 cm³/mol. The minimum atomic E-state index is -0.425. The number of rotatable bonds is 7. The first-order chi connectivity index (χ1) is 14.1. The van der Waals surface area contributed by atoms with E-state index in [1.54, 1.807) is 53.4 Å². The van der Waals surface area contributed by atoms with E-state index in [1.165, 1.54) is 11.8 Å². The van der Waals surface area contributed by atoms with Crippen molar-refractivity contribution in [2.45, 2.75) is 0 Å². The van der Waals surface area contributed by atoms with Gasteiger partial charge in [-0.15, -0.1) is 11.8 Å². The second-order valence-corrected chi connectivity index (χ2v) is 7.29. The number of benzene rings is 2. The zero-order valence-corrected chi connectivity index (χ0v) is 16.7.